The maximum Gasteiger partial charge on any atom is 0.0761 e. The predicted octanol–water partition coefficient (Wildman–Crippen LogP) is 1.51. The van der Waals surface area contributed by atoms with Gasteiger partial charge < -0.3 is 10.8 Å². The minimum Gasteiger partial charge on any atom is -0.391 e. The van der Waals surface area contributed by atoms with Crippen LogP contribution >= 0.6 is 11.6 Å². The summed E-state index contributed by atoms with van der Waals surface area (Å²) in [6, 6.07) is 1.37. The average molecular weight is 213 g/mol. The fraction of sp³-hybridized carbons (Fsp3) is 0.500. The van der Waals surface area contributed by atoms with Gasteiger partial charge in [-0.05, 0) is 30.4 Å². The molecule has 3 nitrogen and oxygen atoms in total. The van der Waals surface area contributed by atoms with E-state index in [4.69, 9.17) is 17.3 Å². The van der Waals surface area contributed by atoms with Gasteiger partial charge in [-0.3, -0.25) is 4.98 Å². The van der Waals surface area contributed by atoms with Crippen molar-refractivity contribution in [3.05, 3.63) is 29.0 Å². The van der Waals surface area contributed by atoms with Gasteiger partial charge in [-0.15, -0.1) is 0 Å². The van der Waals surface area contributed by atoms with Crippen LogP contribution in [0.3, 0.4) is 0 Å². The van der Waals surface area contributed by atoms with Gasteiger partial charge in [-0.2, -0.15) is 0 Å². The minimum absolute atomic E-state index is 0.356. The van der Waals surface area contributed by atoms with Crippen molar-refractivity contribution in [3.63, 3.8) is 0 Å². The third-order valence-corrected chi connectivity index (χ3v) is 2.95. The summed E-state index contributed by atoms with van der Waals surface area (Å²) < 4.78 is 0. The Balaban J connectivity index is 2.17. The molecule has 1 fully saturated rings. The monoisotopic (exact) mass is 212 g/mol. The van der Waals surface area contributed by atoms with Crippen molar-refractivity contribution in [1.82, 2.24) is 4.98 Å². The summed E-state index contributed by atoms with van der Waals surface area (Å²) in [6.45, 7) is 0. The number of halogens is 1. The zero-order valence-corrected chi connectivity index (χ0v) is 8.48. The Kier molecular flexibility index (Phi) is 2.72. The van der Waals surface area contributed by atoms with Crippen LogP contribution in [0.15, 0.2) is 18.5 Å². The third kappa shape index (κ3) is 1.90. The molecule has 1 aromatic heterocycles. The first-order chi connectivity index (χ1) is 6.70. The smallest absolute Gasteiger partial charge is 0.0761 e. The highest BCUT2D eigenvalue weighted by Crippen LogP contribution is 2.38. The molecule has 0 aliphatic heterocycles. The van der Waals surface area contributed by atoms with E-state index in [1.165, 1.54) is 0 Å². The Morgan fingerprint density at radius 2 is 2.29 bits per heavy atom. The van der Waals surface area contributed by atoms with E-state index in [1.54, 1.807) is 18.5 Å². The second-order valence-electron chi connectivity index (χ2n) is 3.75. The minimum atomic E-state index is -0.477. The highest BCUT2D eigenvalue weighted by atomic mass is 35.5. The molecule has 1 aromatic rings. The fourth-order valence-electron chi connectivity index (χ4n) is 1.57. The predicted molar refractivity (Wildman–Crippen MR) is 54.9 cm³/mol. The number of hydrogen-bond donors (Lipinski definition) is 2. The molecule has 1 heterocycles. The van der Waals surface area contributed by atoms with Crippen molar-refractivity contribution < 1.29 is 5.11 Å². The maximum absolute atomic E-state index is 9.83. The second-order valence-corrected chi connectivity index (χ2v) is 4.16. The van der Waals surface area contributed by atoms with Crippen molar-refractivity contribution in [2.75, 3.05) is 0 Å². The van der Waals surface area contributed by atoms with Crippen molar-refractivity contribution in [3.8, 4) is 0 Å². The lowest BCUT2D eigenvalue weighted by Crippen LogP contribution is -2.28. The van der Waals surface area contributed by atoms with Gasteiger partial charge in [0.25, 0.3) is 0 Å². The standard InChI is InChI=1S/C10H13ClN2O/c11-8-5-13-4-3-7(8)9(12)10(14)6-1-2-6/h3-6,9-10,14H,1-2,12H2/t9-,10+/m1/s1. The summed E-state index contributed by atoms with van der Waals surface area (Å²) in [7, 11) is 0. The van der Waals surface area contributed by atoms with Crippen molar-refractivity contribution >= 4 is 11.6 Å². The van der Waals surface area contributed by atoms with E-state index in [0.717, 1.165) is 18.4 Å². The van der Waals surface area contributed by atoms with Crippen LogP contribution in [0.2, 0.25) is 5.02 Å². The molecule has 76 valence electrons. The SMILES string of the molecule is N[C@H](c1ccncc1Cl)[C@@H](O)C1CC1. The van der Waals surface area contributed by atoms with Crippen molar-refractivity contribution in [1.29, 1.82) is 0 Å². The number of rotatable bonds is 3. The molecule has 1 aliphatic carbocycles. The average Bonchev–Trinajstić information content (AvgIpc) is 3.00. The largest absolute Gasteiger partial charge is 0.391 e. The van der Waals surface area contributed by atoms with E-state index in [0.29, 0.717) is 10.9 Å². The van der Waals surface area contributed by atoms with E-state index in [9.17, 15) is 5.11 Å². The lowest BCUT2D eigenvalue weighted by molar-refractivity contribution is 0.122. The molecular weight excluding hydrogens is 200 g/mol. The van der Waals surface area contributed by atoms with E-state index in [1.807, 2.05) is 0 Å². The summed E-state index contributed by atoms with van der Waals surface area (Å²) in [6.07, 6.45) is 4.85. The van der Waals surface area contributed by atoms with E-state index < -0.39 is 12.1 Å². The van der Waals surface area contributed by atoms with Crippen LogP contribution < -0.4 is 5.73 Å². The first-order valence-corrected chi connectivity index (χ1v) is 5.11. The Bertz CT molecular complexity index is 328. The number of hydrogen-bond acceptors (Lipinski definition) is 3. The summed E-state index contributed by atoms with van der Waals surface area (Å²) in [5.41, 5.74) is 6.70. The summed E-state index contributed by atoms with van der Waals surface area (Å²) in [5.74, 6) is 0.356. The van der Waals surface area contributed by atoms with Gasteiger partial charge in [-0.25, -0.2) is 0 Å². The molecule has 4 heteroatoms. The Morgan fingerprint density at radius 3 is 2.86 bits per heavy atom. The number of aromatic nitrogens is 1. The molecule has 0 spiro atoms. The fourth-order valence-corrected chi connectivity index (χ4v) is 1.82. The van der Waals surface area contributed by atoms with Gasteiger partial charge in [-0.1, -0.05) is 11.6 Å². The summed E-state index contributed by atoms with van der Waals surface area (Å²) in [5, 5.41) is 10.4. The van der Waals surface area contributed by atoms with E-state index in [-0.39, 0.29) is 0 Å². The van der Waals surface area contributed by atoms with Gasteiger partial charge in [0.15, 0.2) is 0 Å². The van der Waals surface area contributed by atoms with E-state index >= 15 is 0 Å². The molecule has 1 aliphatic rings. The Morgan fingerprint density at radius 1 is 1.57 bits per heavy atom. The first kappa shape index (κ1) is 9.90. The number of aliphatic hydroxyl groups excluding tert-OH is 1. The van der Waals surface area contributed by atoms with Crippen LogP contribution in [0, 0.1) is 5.92 Å². The van der Waals surface area contributed by atoms with Crippen LogP contribution in [0.1, 0.15) is 24.4 Å². The topological polar surface area (TPSA) is 59.1 Å². The third-order valence-electron chi connectivity index (χ3n) is 2.64. The molecule has 0 aromatic carbocycles. The molecular formula is C10H13ClN2O. The van der Waals surface area contributed by atoms with Gasteiger partial charge in [0.2, 0.25) is 0 Å². The quantitative estimate of drug-likeness (QED) is 0.799. The maximum atomic E-state index is 9.83. The molecule has 3 N–H and O–H groups in total. The first-order valence-electron chi connectivity index (χ1n) is 4.73. The van der Waals surface area contributed by atoms with Gasteiger partial charge in [0.05, 0.1) is 17.2 Å². The lowest BCUT2D eigenvalue weighted by atomic mass is 10.0. The van der Waals surface area contributed by atoms with Crippen LogP contribution in [-0.4, -0.2) is 16.2 Å². The Labute approximate surface area is 87.9 Å². The Hall–Kier alpha value is -0.640. The lowest BCUT2D eigenvalue weighted by Gasteiger charge is -2.19. The normalized spacial score (nSPS) is 20.5. The second kappa shape index (κ2) is 3.85. The van der Waals surface area contributed by atoms with Crippen molar-refractivity contribution in [2.45, 2.75) is 25.0 Å². The van der Waals surface area contributed by atoms with Crippen LogP contribution in [0.25, 0.3) is 0 Å². The highest BCUT2D eigenvalue weighted by molar-refractivity contribution is 6.31. The summed E-state index contributed by atoms with van der Waals surface area (Å²) >= 11 is 5.93. The molecule has 14 heavy (non-hydrogen) atoms. The number of pyridine rings is 1. The molecule has 0 amide bonds. The molecule has 0 saturated heterocycles. The highest BCUT2D eigenvalue weighted by Gasteiger charge is 2.34. The van der Waals surface area contributed by atoms with Gasteiger partial charge in [0, 0.05) is 12.4 Å². The van der Waals surface area contributed by atoms with Crippen LogP contribution in [0.4, 0.5) is 0 Å². The zero-order chi connectivity index (χ0) is 10.1. The summed E-state index contributed by atoms with van der Waals surface area (Å²) in [4.78, 5) is 3.88. The molecule has 1 saturated carbocycles. The number of aliphatic hydroxyl groups is 1. The molecule has 2 atom stereocenters. The molecule has 0 unspecified atom stereocenters. The molecule has 2 rings (SSSR count). The van der Waals surface area contributed by atoms with Crippen molar-refractivity contribution in [2.24, 2.45) is 11.7 Å². The van der Waals surface area contributed by atoms with Crippen LogP contribution in [0.5, 0.6) is 0 Å². The zero-order valence-electron chi connectivity index (χ0n) is 7.73. The van der Waals surface area contributed by atoms with E-state index in [2.05, 4.69) is 4.98 Å². The van der Waals surface area contributed by atoms with Gasteiger partial charge >= 0.3 is 0 Å². The molecule has 0 radical (unpaired) electrons. The number of nitrogens with two attached hydrogens (primary N) is 1. The van der Waals surface area contributed by atoms with Gasteiger partial charge in [0.1, 0.15) is 0 Å². The molecule has 0 bridgehead atoms. The number of nitrogens with zero attached hydrogens (tertiary/aromatic N) is 1. The van der Waals surface area contributed by atoms with Crippen LogP contribution in [-0.2, 0) is 0 Å².